The molecule has 1 N–H and O–H groups in total. The molecule has 2 aromatic carbocycles. The topological polar surface area (TPSA) is 49.4 Å². The summed E-state index contributed by atoms with van der Waals surface area (Å²) in [5, 5.41) is 3.70. The minimum Gasteiger partial charge on any atom is -0.339 e. The fourth-order valence-corrected chi connectivity index (χ4v) is 3.22. The average Bonchev–Trinajstić information content (AvgIpc) is 3.12. The van der Waals surface area contributed by atoms with Gasteiger partial charge in [0.2, 0.25) is 5.91 Å². The van der Waals surface area contributed by atoms with Crippen LogP contribution in [-0.4, -0.2) is 29.8 Å². The molecule has 25 heavy (non-hydrogen) atoms. The molecule has 0 aliphatic carbocycles. The number of nitrogens with zero attached hydrogens (tertiary/aromatic N) is 1. The Balaban J connectivity index is 1.72. The van der Waals surface area contributed by atoms with E-state index in [-0.39, 0.29) is 18.2 Å². The Labute approximate surface area is 156 Å². The van der Waals surface area contributed by atoms with Gasteiger partial charge in [-0.1, -0.05) is 41.4 Å². The van der Waals surface area contributed by atoms with Crippen molar-refractivity contribution in [2.75, 3.05) is 18.4 Å². The number of carbonyl (C=O) groups excluding carboxylic acids is 2. The molecule has 1 heterocycles. The molecule has 0 atom stereocenters. The van der Waals surface area contributed by atoms with Crippen LogP contribution in [0, 0.1) is 0 Å². The summed E-state index contributed by atoms with van der Waals surface area (Å²) >= 11 is 11.9. The molecule has 1 aliphatic heterocycles. The Morgan fingerprint density at radius 1 is 1.00 bits per heavy atom. The molecule has 3 rings (SSSR count). The third-order valence-corrected chi connectivity index (χ3v) is 4.91. The lowest BCUT2D eigenvalue weighted by Gasteiger charge is -2.18. The summed E-state index contributed by atoms with van der Waals surface area (Å²) < 4.78 is 0. The van der Waals surface area contributed by atoms with Gasteiger partial charge in [-0.2, -0.15) is 0 Å². The smallest absolute Gasteiger partial charge is 0.255 e. The van der Waals surface area contributed by atoms with E-state index in [0.717, 1.165) is 31.5 Å². The van der Waals surface area contributed by atoms with Crippen molar-refractivity contribution >= 4 is 40.7 Å². The van der Waals surface area contributed by atoms with E-state index in [1.165, 1.54) is 0 Å². The average molecular weight is 377 g/mol. The normalized spacial score (nSPS) is 13.8. The number of likely N-dealkylation sites (tertiary alicyclic amines) is 1. The molecule has 0 radical (unpaired) electrons. The van der Waals surface area contributed by atoms with Gasteiger partial charge in [-0.15, -0.1) is 0 Å². The van der Waals surface area contributed by atoms with Crippen molar-refractivity contribution in [2.24, 2.45) is 0 Å². The van der Waals surface area contributed by atoms with E-state index in [2.05, 4.69) is 5.32 Å². The molecule has 0 bridgehead atoms. The van der Waals surface area contributed by atoms with Gasteiger partial charge in [-0.3, -0.25) is 9.59 Å². The van der Waals surface area contributed by atoms with Gasteiger partial charge >= 0.3 is 0 Å². The summed E-state index contributed by atoms with van der Waals surface area (Å²) in [6, 6.07) is 12.2. The number of amides is 2. The molecule has 1 aliphatic rings. The predicted molar refractivity (Wildman–Crippen MR) is 100 cm³/mol. The molecular formula is C19H18Cl2N2O2. The van der Waals surface area contributed by atoms with E-state index in [4.69, 9.17) is 23.2 Å². The van der Waals surface area contributed by atoms with E-state index in [9.17, 15) is 9.59 Å². The van der Waals surface area contributed by atoms with Crippen molar-refractivity contribution in [3.8, 4) is 0 Å². The van der Waals surface area contributed by atoms with Gasteiger partial charge in [0.1, 0.15) is 0 Å². The molecule has 0 saturated carbocycles. The Morgan fingerprint density at radius 3 is 2.44 bits per heavy atom. The minimum atomic E-state index is -0.208. The molecule has 1 saturated heterocycles. The van der Waals surface area contributed by atoms with E-state index >= 15 is 0 Å². The van der Waals surface area contributed by atoms with Crippen LogP contribution in [0.15, 0.2) is 42.5 Å². The summed E-state index contributed by atoms with van der Waals surface area (Å²) in [6.07, 6.45) is 2.21. The summed E-state index contributed by atoms with van der Waals surface area (Å²) in [7, 11) is 0. The number of para-hydroxylation sites is 1. The van der Waals surface area contributed by atoms with Crippen molar-refractivity contribution < 1.29 is 9.59 Å². The van der Waals surface area contributed by atoms with Crippen LogP contribution in [0.25, 0.3) is 0 Å². The van der Waals surface area contributed by atoms with Crippen molar-refractivity contribution in [2.45, 2.75) is 19.3 Å². The number of hydrogen-bond acceptors (Lipinski definition) is 2. The molecular weight excluding hydrogens is 359 g/mol. The van der Waals surface area contributed by atoms with E-state index in [0.29, 0.717) is 21.3 Å². The summed E-state index contributed by atoms with van der Waals surface area (Å²) in [4.78, 5) is 26.8. The van der Waals surface area contributed by atoms with Crippen LogP contribution in [0.2, 0.25) is 10.0 Å². The van der Waals surface area contributed by atoms with Crippen LogP contribution < -0.4 is 5.32 Å². The van der Waals surface area contributed by atoms with Crippen LogP contribution in [0.3, 0.4) is 0 Å². The van der Waals surface area contributed by atoms with Crippen LogP contribution in [0.5, 0.6) is 0 Å². The Morgan fingerprint density at radius 2 is 1.72 bits per heavy atom. The van der Waals surface area contributed by atoms with Gasteiger partial charge in [0.15, 0.2) is 0 Å². The number of halogens is 2. The highest BCUT2D eigenvalue weighted by molar-refractivity contribution is 6.42. The SMILES string of the molecule is O=C(Cc1ccc(Cl)c(Cl)c1)Nc1ccccc1C(=O)N1CCCC1. The lowest BCUT2D eigenvalue weighted by molar-refractivity contribution is -0.115. The van der Waals surface area contributed by atoms with Crippen LogP contribution in [0.4, 0.5) is 5.69 Å². The Bertz CT molecular complexity index is 802. The second-order valence-corrected chi connectivity index (χ2v) is 6.83. The first-order chi connectivity index (χ1) is 12.0. The molecule has 130 valence electrons. The summed E-state index contributed by atoms with van der Waals surface area (Å²) in [5.41, 5.74) is 1.81. The number of benzene rings is 2. The van der Waals surface area contributed by atoms with Crippen LogP contribution in [-0.2, 0) is 11.2 Å². The number of rotatable bonds is 4. The molecule has 2 amide bonds. The first-order valence-electron chi connectivity index (χ1n) is 8.16. The third-order valence-electron chi connectivity index (χ3n) is 4.17. The highest BCUT2D eigenvalue weighted by atomic mass is 35.5. The summed E-state index contributed by atoms with van der Waals surface area (Å²) in [5.74, 6) is -0.247. The molecule has 0 spiro atoms. The maximum atomic E-state index is 12.6. The zero-order valence-electron chi connectivity index (χ0n) is 13.6. The monoisotopic (exact) mass is 376 g/mol. The molecule has 6 heteroatoms. The number of hydrogen-bond donors (Lipinski definition) is 1. The first-order valence-corrected chi connectivity index (χ1v) is 8.92. The molecule has 0 aromatic heterocycles. The van der Waals surface area contributed by atoms with Crippen molar-refractivity contribution in [3.05, 3.63) is 63.6 Å². The lowest BCUT2D eigenvalue weighted by atomic mass is 10.1. The van der Waals surface area contributed by atoms with Gasteiger partial charge in [0.25, 0.3) is 5.91 Å². The summed E-state index contributed by atoms with van der Waals surface area (Å²) in [6.45, 7) is 1.54. The molecule has 4 nitrogen and oxygen atoms in total. The Hall–Kier alpha value is -2.04. The van der Waals surface area contributed by atoms with Gasteiger partial charge in [0.05, 0.1) is 27.7 Å². The van der Waals surface area contributed by atoms with Crippen LogP contribution in [0.1, 0.15) is 28.8 Å². The fraction of sp³-hybridized carbons (Fsp3) is 0.263. The second-order valence-electron chi connectivity index (χ2n) is 6.02. The largest absolute Gasteiger partial charge is 0.339 e. The zero-order chi connectivity index (χ0) is 17.8. The standard InChI is InChI=1S/C19H18Cl2N2O2/c20-15-8-7-13(11-16(15)21)12-18(24)22-17-6-2-1-5-14(17)19(25)23-9-3-4-10-23/h1-2,5-8,11H,3-4,9-10,12H2,(H,22,24). The van der Waals surface area contributed by atoms with Gasteiger partial charge in [0, 0.05) is 13.1 Å². The predicted octanol–water partition coefficient (Wildman–Crippen LogP) is 4.41. The van der Waals surface area contributed by atoms with E-state index in [1.807, 2.05) is 4.90 Å². The first kappa shape index (κ1) is 17.8. The van der Waals surface area contributed by atoms with Crippen molar-refractivity contribution in [1.29, 1.82) is 0 Å². The fourth-order valence-electron chi connectivity index (χ4n) is 2.90. The lowest BCUT2D eigenvalue weighted by Crippen LogP contribution is -2.29. The van der Waals surface area contributed by atoms with Gasteiger partial charge < -0.3 is 10.2 Å². The zero-order valence-corrected chi connectivity index (χ0v) is 15.1. The van der Waals surface area contributed by atoms with Gasteiger partial charge in [-0.05, 0) is 42.7 Å². The Kier molecular flexibility index (Phi) is 5.61. The van der Waals surface area contributed by atoms with Crippen molar-refractivity contribution in [3.63, 3.8) is 0 Å². The third kappa shape index (κ3) is 4.33. The molecule has 2 aromatic rings. The highest BCUT2D eigenvalue weighted by Gasteiger charge is 2.22. The minimum absolute atomic E-state index is 0.0389. The second kappa shape index (κ2) is 7.89. The van der Waals surface area contributed by atoms with Gasteiger partial charge in [-0.25, -0.2) is 0 Å². The number of anilines is 1. The quantitative estimate of drug-likeness (QED) is 0.858. The molecule has 0 unspecified atom stereocenters. The highest BCUT2D eigenvalue weighted by Crippen LogP contribution is 2.24. The van der Waals surface area contributed by atoms with Crippen LogP contribution >= 0.6 is 23.2 Å². The van der Waals surface area contributed by atoms with E-state index < -0.39 is 0 Å². The molecule has 1 fully saturated rings. The maximum absolute atomic E-state index is 12.6. The number of nitrogens with one attached hydrogen (secondary N) is 1. The maximum Gasteiger partial charge on any atom is 0.255 e. The van der Waals surface area contributed by atoms with Crippen molar-refractivity contribution in [1.82, 2.24) is 4.90 Å². The van der Waals surface area contributed by atoms with E-state index in [1.54, 1.807) is 42.5 Å². The number of carbonyl (C=O) groups is 2.